The monoisotopic (exact) mass is 519 g/mol. The zero-order chi connectivity index (χ0) is 26.0. The van der Waals surface area contributed by atoms with Gasteiger partial charge in [-0.05, 0) is 55.5 Å². The van der Waals surface area contributed by atoms with Gasteiger partial charge in [-0.2, -0.15) is 18.4 Å². The van der Waals surface area contributed by atoms with Crippen LogP contribution in [0.5, 0.6) is 0 Å². The van der Waals surface area contributed by atoms with Gasteiger partial charge >= 0.3 is 12.1 Å². The third-order valence-corrected chi connectivity index (χ3v) is 7.35. The van der Waals surface area contributed by atoms with Crippen LogP contribution in [0.3, 0.4) is 0 Å². The molecule has 0 aromatic heterocycles. The number of nitrogens with zero attached hydrogens (tertiary/aromatic N) is 3. The average Bonchev–Trinajstić information content (AvgIpc) is 3.32. The molecule has 2 heterocycles. The summed E-state index contributed by atoms with van der Waals surface area (Å²) in [5.41, 5.74) is 0.263. The van der Waals surface area contributed by atoms with Gasteiger partial charge < -0.3 is 14.5 Å². The summed E-state index contributed by atoms with van der Waals surface area (Å²) in [6, 6.07) is 11.2. The van der Waals surface area contributed by atoms with Crippen LogP contribution in [0.1, 0.15) is 48.4 Å². The molecule has 10 heteroatoms. The quantitative estimate of drug-likeness (QED) is 0.509. The van der Waals surface area contributed by atoms with Gasteiger partial charge in [0.05, 0.1) is 30.0 Å². The maximum Gasteiger partial charge on any atom is 0.416 e. The molecule has 6 nitrogen and oxygen atoms in total. The largest absolute Gasteiger partial charge is 0.467 e. The molecule has 190 valence electrons. The van der Waals surface area contributed by atoms with Gasteiger partial charge in [0.25, 0.3) is 0 Å². The minimum absolute atomic E-state index is 0.0568. The van der Waals surface area contributed by atoms with Gasteiger partial charge in [-0.15, -0.1) is 0 Å². The van der Waals surface area contributed by atoms with Crippen molar-refractivity contribution in [3.8, 4) is 6.07 Å². The summed E-state index contributed by atoms with van der Waals surface area (Å²) in [5, 5.41) is 9.95. The number of hydrogen-bond acceptors (Lipinski definition) is 5. The summed E-state index contributed by atoms with van der Waals surface area (Å²) >= 11 is 6.42. The van der Waals surface area contributed by atoms with Gasteiger partial charge in [0.2, 0.25) is 5.91 Å². The standard InChI is InChI=1S/C26H25ClF3N3O3/c1-36-25(35)23-9-8-22(19-4-2-3-5-20(19)27)33(23)24(34)16-10-12-32(13-11-16)21-7-6-18(26(28,29)30)14-17(21)15-31/h2-7,14,16,22-23H,8-13H2,1H3/t22-,23+/m1/s1. The van der Waals surface area contributed by atoms with Crippen LogP contribution in [0.25, 0.3) is 0 Å². The van der Waals surface area contributed by atoms with E-state index in [4.69, 9.17) is 16.3 Å². The predicted octanol–water partition coefficient (Wildman–Crippen LogP) is 5.35. The molecule has 0 aliphatic carbocycles. The van der Waals surface area contributed by atoms with Crippen molar-refractivity contribution in [2.24, 2.45) is 5.92 Å². The minimum Gasteiger partial charge on any atom is -0.467 e. The van der Waals surface area contributed by atoms with E-state index in [2.05, 4.69) is 0 Å². The number of anilines is 1. The number of likely N-dealkylation sites (tertiary alicyclic amines) is 1. The predicted molar refractivity (Wildman–Crippen MR) is 127 cm³/mol. The first kappa shape index (κ1) is 25.8. The summed E-state index contributed by atoms with van der Waals surface area (Å²) in [4.78, 5) is 29.7. The van der Waals surface area contributed by atoms with Crippen LogP contribution in [0.2, 0.25) is 5.02 Å². The zero-order valence-electron chi connectivity index (χ0n) is 19.6. The molecule has 2 aromatic carbocycles. The number of benzene rings is 2. The molecule has 2 fully saturated rings. The van der Waals surface area contributed by atoms with E-state index >= 15 is 0 Å². The number of amides is 1. The second kappa shape index (κ2) is 10.4. The van der Waals surface area contributed by atoms with Gasteiger partial charge in [-0.25, -0.2) is 4.79 Å². The number of carbonyl (C=O) groups is 2. The Bertz CT molecular complexity index is 1190. The molecule has 36 heavy (non-hydrogen) atoms. The van der Waals surface area contributed by atoms with Crippen LogP contribution in [0.4, 0.5) is 18.9 Å². The van der Waals surface area contributed by atoms with Gasteiger partial charge in [0.1, 0.15) is 12.1 Å². The lowest BCUT2D eigenvalue weighted by Gasteiger charge is -2.38. The van der Waals surface area contributed by atoms with Crippen LogP contribution in [-0.2, 0) is 20.5 Å². The van der Waals surface area contributed by atoms with E-state index in [-0.39, 0.29) is 23.4 Å². The number of piperidine rings is 1. The number of esters is 1. The Hall–Kier alpha value is -3.25. The van der Waals surface area contributed by atoms with Crippen molar-refractivity contribution >= 4 is 29.2 Å². The van der Waals surface area contributed by atoms with E-state index in [0.29, 0.717) is 49.5 Å². The molecule has 2 saturated heterocycles. The molecule has 4 rings (SSSR count). The smallest absolute Gasteiger partial charge is 0.416 e. The van der Waals surface area contributed by atoms with Gasteiger partial charge in [-0.3, -0.25) is 4.79 Å². The molecule has 2 aromatic rings. The lowest BCUT2D eigenvalue weighted by molar-refractivity contribution is -0.154. The molecule has 1 amide bonds. The number of halogens is 4. The Balaban J connectivity index is 1.53. The van der Waals surface area contributed by atoms with Crippen molar-refractivity contribution in [1.29, 1.82) is 5.26 Å². The molecule has 0 N–H and O–H groups in total. The van der Waals surface area contributed by atoms with Crippen LogP contribution < -0.4 is 4.90 Å². The van der Waals surface area contributed by atoms with E-state index < -0.39 is 23.8 Å². The van der Waals surface area contributed by atoms with Crippen molar-refractivity contribution in [2.45, 2.75) is 43.9 Å². The Kier molecular flexibility index (Phi) is 7.46. The summed E-state index contributed by atoms with van der Waals surface area (Å²) in [7, 11) is 1.29. The molecule has 0 saturated carbocycles. The SMILES string of the molecule is COC(=O)[C@@H]1CC[C@H](c2ccccc2Cl)N1C(=O)C1CCN(c2ccc(C(F)(F)F)cc2C#N)CC1. The van der Waals surface area contributed by atoms with Crippen LogP contribution >= 0.6 is 11.6 Å². The molecule has 2 aliphatic rings. The van der Waals surface area contributed by atoms with Crippen molar-refractivity contribution in [3.05, 3.63) is 64.2 Å². The van der Waals surface area contributed by atoms with Crippen LogP contribution in [-0.4, -0.2) is 43.0 Å². The normalized spacial score (nSPS) is 20.8. The molecule has 0 radical (unpaired) electrons. The van der Waals surface area contributed by atoms with Crippen molar-refractivity contribution in [3.63, 3.8) is 0 Å². The Morgan fingerprint density at radius 1 is 1.08 bits per heavy atom. The Morgan fingerprint density at radius 3 is 2.39 bits per heavy atom. The van der Waals surface area contributed by atoms with Crippen LogP contribution in [0.15, 0.2) is 42.5 Å². The number of ether oxygens (including phenoxy) is 1. The number of carbonyl (C=O) groups excluding carboxylic acids is 2. The van der Waals surface area contributed by atoms with Crippen molar-refractivity contribution in [2.75, 3.05) is 25.1 Å². The van der Waals surface area contributed by atoms with Crippen molar-refractivity contribution < 1.29 is 27.5 Å². The van der Waals surface area contributed by atoms with Gasteiger partial charge in [0, 0.05) is 24.0 Å². The molecular weight excluding hydrogens is 495 g/mol. The number of hydrogen-bond donors (Lipinski definition) is 0. The lowest BCUT2D eigenvalue weighted by Crippen LogP contribution is -2.48. The second-order valence-electron chi connectivity index (χ2n) is 9.00. The number of nitriles is 1. The zero-order valence-corrected chi connectivity index (χ0v) is 20.4. The highest BCUT2D eigenvalue weighted by molar-refractivity contribution is 6.31. The number of alkyl halides is 3. The first-order valence-corrected chi connectivity index (χ1v) is 12.0. The summed E-state index contributed by atoms with van der Waals surface area (Å²) in [6.45, 7) is 0.786. The summed E-state index contributed by atoms with van der Waals surface area (Å²) in [6.07, 6.45) is -2.63. The fourth-order valence-corrected chi connectivity index (χ4v) is 5.45. The number of rotatable bonds is 4. The van der Waals surface area contributed by atoms with E-state index in [1.165, 1.54) is 13.2 Å². The lowest BCUT2D eigenvalue weighted by atomic mass is 9.93. The highest BCUT2D eigenvalue weighted by Gasteiger charge is 2.45. The maximum atomic E-state index is 13.7. The molecular formula is C26H25ClF3N3O3. The van der Waals surface area contributed by atoms with Crippen LogP contribution in [0, 0.1) is 17.2 Å². The van der Waals surface area contributed by atoms with E-state index in [9.17, 15) is 28.0 Å². The third-order valence-electron chi connectivity index (χ3n) is 7.01. The fraction of sp³-hybridized carbons (Fsp3) is 0.423. The van der Waals surface area contributed by atoms with Gasteiger partial charge in [0.15, 0.2) is 0 Å². The van der Waals surface area contributed by atoms with E-state index in [1.54, 1.807) is 17.0 Å². The third kappa shape index (κ3) is 5.00. The molecule has 0 unspecified atom stereocenters. The first-order chi connectivity index (χ1) is 17.2. The summed E-state index contributed by atoms with van der Waals surface area (Å²) < 4.78 is 44.1. The average molecular weight is 520 g/mol. The van der Waals surface area contributed by atoms with E-state index in [1.807, 2.05) is 23.1 Å². The topological polar surface area (TPSA) is 73.6 Å². The first-order valence-electron chi connectivity index (χ1n) is 11.7. The second-order valence-corrected chi connectivity index (χ2v) is 9.41. The van der Waals surface area contributed by atoms with Gasteiger partial charge in [-0.1, -0.05) is 29.8 Å². The molecule has 0 spiro atoms. The van der Waals surface area contributed by atoms with Crippen molar-refractivity contribution in [1.82, 2.24) is 4.90 Å². The van der Waals surface area contributed by atoms with E-state index in [0.717, 1.165) is 17.7 Å². The maximum absolute atomic E-state index is 13.7. The number of methoxy groups -OCH3 is 1. The Morgan fingerprint density at radius 2 is 1.78 bits per heavy atom. The minimum atomic E-state index is -4.53. The fourth-order valence-electron chi connectivity index (χ4n) is 5.19. The highest BCUT2D eigenvalue weighted by Crippen LogP contribution is 2.41. The summed E-state index contributed by atoms with van der Waals surface area (Å²) in [5.74, 6) is -1.02. The molecule has 2 aliphatic heterocycles. The molecule has 2 atom stereocenters. The Labute approximate surface area is 212 Å². The highest BCUT2D eigenvalue weighted by atomic mass is 35.5. The molecule has 0 bridgehead atoms.